The molecule has 2 amide bonds. The zero-order chi connectivity index (χ0) is 15.4. The molecule has 7 nitrogen and oxygen atoms in total. The highest BCUT2D eigenvalue weighted by Gasteiger charge is 2.17. The van der Waals surface area contributed by atoms with Gasteiger partial charge < -0.3 is 19.7 Å². The molecule has 0 spiro atoms. The van der Waals surface area contributed by atoms with Gasteiger partial charge in [-0.3, -0.25) is 14.4 Å². The number of carbonyl (C=O) groups excluding carboxylic acids is 3. The lowest BCUT2D eigenvalue weighted by molar-refractivity contribution is -0.152. The van der Waals surface area contributed by atoms with E-state index < -0.39 is 5.97 Å². The summed E-state index contributed by atoms with van der Waals surface area (Å²) in [5, 5.41) is 2.66. The van der Waals surface area contributed by atoms with Crippen molar-refractivity contribution in [1.29, 1.82) is 0 Å². The third-order valence-electron chi connectivity index (χ3n) is 2.39. The van der Waals surface area contributed by atoms with Crippen LogP contribution >= 0.6 is 0 Å². The second kappa shape index (κ2) is 11.2. The Morgan fingerprint density at radius 2 is 1.80 bits per heavy atom. The molecule has 7 heteroatoms. The average molecular weight is 288 g/mol. The fourth-order valence-electron chi connectivity index (χ4n) is 1.37. The Morgan fingerprint density at radius 1 is 1.20 bits per heavy atom. The Bertz CT molecular complexity index is 314. The Morgan fingerprint density at radius 3 is 2.20 bits per heavy atom. The normalized spacial score (nSPS) is 13.8. The first-order valence-electron chi connectivity index (χ1n) is 6.70. The maximum Gasteiger partial charge on any atom is 0.303 e. The largest absolute Gasteiger partial charge is 0.456 e. The van der Waals surface area contributed by atoms with Crippen LogP contribution in [0, 0.1) is 0 Å². The molecule has 1 aliphatic heterocycles. The van der Waals surface area contributed by atoms with Crippen LogP contribution in [0.25, 0.3) is 0 Å². The van der Waals surface area contributed by atoms with Gasteiger partial charge in [-0.2, -0.15) is 0 Å². The molecule has 0 radical (unpaired) electrons. The van der Waals surface area contributed by atoms with Crippen molar-refractivity contribution in [3.63, 3.8) is 0 Å². The molecule has 0 aromatic carbocycles. The lowest BCUT2D eigenvalue weighted by Crippen LogP contribution is -2.42. The summed E-state index contributed by atoms with van der Waals surface area (Å²) in [6, 6.07) is 0. The van der Waals surface area contributed by atoms with Crippen molar-refractivity contribution in [3.05, 3.63) is 0 Å². The summed E-state index contributed by atoms with van der Waals surface area (Å²) in [6.45, 7) is 7.76. The van der Waals surface area contributed by atoms with Crippen LogP contribution in [0.1, 0.15) is 27.2 Å². The molecule has 1 rings (SSSR count). The number of carbonyl (C=O) groups is 3. The van der Waals surface area contributed by atoms with E-state index in [2.05, 4.69) is 10.1 Å². The zero-order valence-corrected chi connectivity index (χ0v) is 12.4. The fraction of sp³-hybridized carbons (Fsp3) is 0.769. The van der Waals surface area contributed by atoms with Crippen LogP contribution in [-0.4, -0.2) is 62.1 Å². The fourth-order valence-corrected chi connectivity index (χ4v) is 1.37. The quantitative estimate of drug-likeness (QED) is 0.733. The van der Waals surface area contributed by atoms with Gasteiger partial charge in [-0.1, -0.05) is 6.92 Å². The van der Waals surface area contributed by atoms with E-state index >= 15 is 0 Å². The van der Waals surface area contributed by atoms with Crippen LogP contribution in [0.4, 0.5) is 0 Å². The van der Waals surface area contributed by atoms with Gasteiger partial charge in [0, 0.05) is 33.5 Å². The molecule has 0 aromatic rings. The van der Waals surface area contributed by atoms with Gasteiger partial charge in [-0.15, -0.1) is 0 Å². The van der Waals surface area contributed by atoms with E-state index in [1.807, 2.05) is 6.92 Å². The lowest BCUT2D eigenvalue weighted by atomic mass is 10.4. The molecule has 116 valence electrons. The lowest BCUT2D eigenvalue weighted by Gasteiger charge is -2.26. The standard InChI is InChI=1S/C8H13NO4.C5H11NO/c1-7(10)13-6-8(11)9-2-4-12-5-3-9;1-3-4-6-5(2)7/h2-6H2,1H3;3-4H2,1-2H3,(H,6,7). The molecule has 1 saturated heterocycles. The number of morpholine rings is 1. The summed E-state index contributed by atoms with van der Waals surface area (Å²) < 4.78 is 9.66. The van der Waals surface area contributed by atoms with Crippen LogP contribution in [0.3, 0.4) is 0 Å². The summed E-state index contributed by atoms with van der Waals surface area (Å²) in [4.78, 5) is 33.4. The number of ether oxygens (including phenoxy) is 2. The molecule has 1 aliphatic rings. The maximum atomic E-state index is 11.3. The highest BCUT2D eigenvalue weighted by molar-refractivity contribution is 5.80. The number of esters is 1. The van der Waals surface area contributed by atoms with Gasteiger partial charge in [0.2, 0.25) is 5.91 Å². The summed E-state index contributed by atoms with van der Waals surface area (Å²) in [6.07, 6.45) is 1.01. The molecule has 0 bridgehead atoms. The van der Waals surface area contributed by atoms with E-state index in [0.717, 1.165) is 13.0 Å². The average Bonchev–Trinajstić information content (AvgIpc) is 2.44. The summed E-state index contributed by atoms with van der Waals surface area (Å²) >= 11 is 0. The Labute approximate surface area is 119 Å². The van der Waals surface area contributed by atoms with Crippen molar-refractivity contribution in [2.24, 2.45) is 0 Å². The van der Waals surface area contributed by atoms with Crippen molar-refractivity contribution >= 4 is 17.8 Å². The van der Waals surface area contributed by atoms with Gasteiger partial charge in [0.05, 0.1) is 13.2 Å². The molecule has 0 aromatic heterocycles. The van der Waals surface area contributed by atoms with Crippen LogP contribution in [-0.2, 0) is 23.9 Å². The van der Waals surface area contributed by atoms with E-state index in [1.165, 1.54) is 13.8 Å². The molecule has 0 atom stereocenters. The van der Waals surface area contributed by atoms with Crippen molar-refractivity contribution < 1.29 is 23.9 Å². The number of amides is 2. The van der Waals surface area contributed by atoms with Crippen LogP contribution in [0.2, 0.25) is 0 Å². The molecule has 1 N–H and O–H groups in total. The SMILES string of the molecule is CC(=O)OCC(=O)N1CCOCC1.CCCNC(C)=O. The third-order valence-corrected chi connectivity index (χ3v) is 2.39. The van der Waals surface area contributed by atoms with Crippen LogP contribution in [0.5, 0.6) is 0 Å². The minimum absolute atomic E-state index is 0.0573. The van der Waals surface area contributed by atoms with Crippen molar-refractivity contribution in [2.45, 2.75) is 27.2 Å². The second-order valence-electron chi connectivity index (χ2n) is 4.26. The molecular weight excluding hydrogens is 264 g/mol. The van der Waals surface area contributed by atoms with Crippen molar-refractivity contribution in [3.8, 4) is 0 Å². The molecule has 1 fully saturated rings. The molecule has 0 unspecified atom stereocenters. The minimum atomic E-state index is -0.429. The Kier molecular flexibility index (Phi) is 10.3. The first-order chi connectivity index (χ1) is 9.47. The highest BCUT2D eigenvalue weighted by atomic mass is 16.5. The van der Waals surface area contributed by atoms with Gasteiger partial charge in [-0.05, 0) is 6.42 Å². The van der Waals surface area contributed by atoms with Crippen LogP contribution < -0.4 is 5.32 Å². The topological polar surface area (TPSA) is 84.9 Å². The van der Waals surface area contributed by atoms with Gasteiger partial charge >= 0.3 is 5.97 Å². The number of hydrogen-bond donors (Lipinski definition) is 1. The number of nitrogens with zero attached hydrogens (tertiary/aromatic N) is 1. The van der Waals surface area contributed by atoms with Gasteiger partial charge in [-0.25, -0.2) is 0 Å². The molecule has 0 saturated carbocycles. The monoisotopic (exact) mass is 288 g/mol. The van der Waals surface area contributed by atoms with E-state index in [0.29, 0.717) is 26.3 Å². The van der Waals surface area contributed by atoms with Crippen molar-refractivity contribution in [1.82, 2.24) is 10.2 Å². The predicted octanol–water partition coefficient (Wildman–Crippen LogP) is -0.0592. The van der Waals surface area contributed by atoms with Crippen LogP contribution in [0.15, 0.2) is 0 Å². The molecule has 20 heavy (non-hydrogen) atoms. The van der Waals surface area contributed by atoms with Gasteiger partial charge in [0.15, 0.2) is 6.61 Å². The van der Waals surface area contributed by atoms with E-state index in [4.69, 9.17) is 4.74 Å². The molecule has 1 heterocycles. The summed E-state index contributed by atoms with van der Waals surface area (Å²) in [5.74, 6) is -0.526. The van der Waals surface area contributed by atoms with E-state index in [1.54, 1.807) is 4.90 Å². The first-order valence-corrected chi connectivity index (χ1v) is 6.70. The summed E-state index contributed by atoms with van der Waals surface area (Å²) in [5.41, 5.74) is 0. The number of rotatable bonds is 4. The van der Waals surface area contributed by atoms with Gasteiger partial charge in [0.25, 0.3) is 5.91 Å². The van der Waals surface area contributed by atoms with Crippen molar-refractivity contribution in [2.75, 3.05) is 39.5 Å². The zero-order valence-electron chi connectivity index (χ0n) is 12.4. The third kappa shape index (κ3) is 10.3. The number of nitrogens with one attached hydrogen (secondary N) is 1. The molecule has 0 aliphatic carbocycles. The van der Waals surface area contributed by atoms with Gasteiger partial charge in [0.1, 0.15) is 0 Å². The predicted molar refractivity (Wildman–Crippen MR) is 73.0 cm³/mol. The Balaban J connectivity index is 0.000000441. The molecular formula is C13H24N2O5. The second-order valence-corrected chi connectivity index (χ2v) is 4.26. The Hall–Kier alpha value is -1.63. The summed E-state index contributed by atoms with van der Waals surface area (Å²) in [7, 11) is 0. The van der Waals surface area contributed by atoms with E-state index in [-0.39, 0.29) is 18.4 Å². The smallest absolute Gasteiger partial charge is 0.303 e. The highest BCUT2D eigenvalue weighted by Crippen LogP contribution is 1.97. The minimum Gasteiger partial charge on any atom is -0.456 e. The van der Waals surface area contributed by atoms with E-state index in [9.17, 15) is 14.4 Å². The maximum absolute atomic E-state index is 11.3. The number of hydrogen-bond acceptors (Lipinski definition) is 5. The first kappa shape index (κ1) is 18.4.